The number of esters is 2. The number of H-pyrrole nitrogens is 1. The van der Waals surface area contributed by atoms with Crippen LogP contribution in [-0.4, -0.2) is 48.1 Å². The quantitative estimate of drug-likeness (QED) is 0.157. The van der Waals surface area contributed by atoms with Crippen molar-refractivity contribution in [3.63, 3.8) is 0 Å². The number of hydrogen-bond acceptors (Lipinski definition) is 6. The molecule has 4 N–H and O–H groups in total. The van der Waals surface area contributed by atoms with Crippen LogP contribution in [-0.2, 0) is 30.3 Å². The minimum Gasteiger partial charge on any atom is -0.465 e. The number of carbonyl (C=O) groups excluding carboxylic acids is 3. The molecule has 2 atom stereocenters. The highest BCUT2D eigenvalue weighted by Gasteiger charge is 2.25. The Morgan fingerprint density at radius 3 is 2.13 bits per heavy atom. The number of para-hydroxylation sites is 1. The van der Waals surface area contributed by atoms with Crippen molar-refractivity contribution in [2.75, 3.05) is 13.2 Å². The van der Waals surface area contributed by atoms with Crippen LogP contribution in [0.2, 0.25) is 0 Å². The van der Waals surface area contributed by atoms with Crippen LogP contribution in [0.1, 0.15) is 96.5 Å². The first-order valence-electron chi connectivity index (χ1n) is 14.4. The standard InChI is InChI=1S/C30H47N3O5/c1-3-5-7-9-13-19-37-29(35)25(31)17-18-28(34)33-27(30(36)38-20-14-10-8-6-4-2)21-23-22-32-26-16-12-11-15-24(23)26/h11-12,15-16,22,25,27,32H,3-10,13-14,17-21,31H2,1-2H3,(H,33,34)/t25-,27-/m0/s1. The Balaban J connectivity index is 1.87. The Morgan fingerprint density at radius 2 is 1.47 bits per heavy atom. The van der Waals surface area contributed by atoms with Gasteiger partial charge < -0.3 is 25.5 Å². The molecule has 0 spiro atoms. The lowest BCUT2D eigenvalue weighted by Crippen LogP contribution is -2.44. The molecule has 1 heterocycles. The van der Waals surface area contributed by atoms with Crippen LogP contribution in [0.25, 0.3) is 10.9 Å². The molecule has 1 aromatic heterocycles. The molecule has 2 rings (SSSR count). The minimum atomic E-state index is -0.876. The van der Waals surface area contributed by atoms with Crippen molar-refractivity contribution in [1.82, 2.24) is 10.3 Å². The molecule has 8 nitrogen and oxygen atoms in total. The average molecular weight is 530 g/mol. The number of hydrogen-bond donors (Lipinski definition) is 3. The zero-order chi connectivity index (χ0) is 27.6. The molecule has 0 bridgehead atoms. The van der Waals surface area contributed by atoms with Gasteiger partial charge in [-0.25, -0.2) is 4.79 Å². The van der Waals surface area contributed by atoms with Crippen LogP contribution < -0.4 is 11.1 Å². The smallest absolute Gasteiger partial charge is 0.328 e. The normalized spacial score (nSPS) is 12.7. The van der Waals surface area contributed by atoms with Gasteiger partial charge in [-0.2, -0.15) is 0 Å². The van der Waals surface area contributed by atoms with E-state index < -0.39 is 24.0 Å². The molecule has 38 heavy (non-hydrogen) atoms. The first-order chi connectivity index (χ1) is 18.5. The van der Waals surface area contributed by atoms with Gasteiger partial charge in [-0.1, -0.05) is 83.4 Å². The average Bonchev–Trinajstić information content (AvgIpc) is 3.33. The molecule has 0 aliphatic carbocycles. The number of fused-ring (bicyclic) bond motifs is 1. The van der Waals surface area contributed by atoms with Crippen LogP contribution >= 0.6 is 0 Å². The molecular formula is C30H47N3O5. The topological polar surface area (TPSA) is 124 Å². The van der Waals surface area contributed by atoms with Gasteiger partial charge >= 0.3 is 11.9 Å². The molecule has 2 aromatic rings. The minimum absolute atomic E-state index is 0.0153. The summed E-state index contributed by atoms with van der Waals surface area (Å²) >= 11 is 0. The van der Waals surface area contributed by atoms with E-state index in [1.165, 1.54) is 12.8 Å². The van der Waals surface area contributed by atoms with E-state index in [0.717, 1.165) is 67.8 Å². The molecule has 0 radical (unpaired) electrons. The predicted molar refractivity (Wildman–Crippen MR) is 151 cm³/mol. The van der Waals surface area contributed by atoms with E-state index >= 15 is 0 Å². The first kappa shape index (κ1) is 31.3. The highest BCUT2D eigenvalue weighted by atomic mass is 16.5. The van der Waals surface area contributed by atoms with E-state index in [9.17, 15) is 14.4 Å². The van der Waals surface area contributed by atoms with Gasteiger partial charge in [-0.05, 0) is 30.9 Å². The fraction of sp³-hybridized carbons (Fsp3) is 0.633. The number of aromatic amines is 1. The summed E-state index contributed by atoms with van der Waals surface area (Å²) in [7, 11) is 0. The number of ether oxygens (including phenoxy) is 2. The molecule has 0 aliphatic heterocycles. The monoisotopic (exact) mass is 529 g/mol. The molecule has 0 fully saturated rings. The van der Waals surface area contributed by atoms with E-state index in [2.05, 4.69) is 24.1 Å². The first-order valence-corrected chi connectivity index (χ1v) is 14.4. The second-order valence-electron chi connectivity index (χ2n) is 9.99. The Hall–Kier alpha value is -2.87. The molecule has 1 amide bonds. The van der Waals surface area contributed by atoms with Gasteiger partial charge in [0.1, 0.15) is 12.1 Å². The third-order valence-corrected chi connectivity index (χ3v) is 6.69. The molecule has 0 saturated heterocycles. The van der Waals surface area contributed by atoms with Gasteiger partial charge in [0.15, 0.2) is 0 Å². The largest absolute Gasteiger partial charge is 0.465 e. The lowest BCUT2D eigenvalue weighted by atomic mass is 10.0. The van der Waals surface area contributed by atoms with Gasteiger partial charge in [-0.3, -0.25) is 9.59 Å². The lowest BCUT2D eigenvalue weighted by Gasteiger charge is -2.18. The highest BCUT2D eigenvalue weighted by molar-refractivity contribution is 5.87. The van der Waals surface area contributed by atoms with E-state index in [0.29, 0.717) is 19.6 Å². The van der Waals surface area contributed by atoms with Crippen LogP contribution in [0, 0.1) is 0 Å². The van der Waals surface area contributed by atoms with E-state index in [-0.39, 0.29) is 18.7 Å². The molecule has 8 heteroatoms. The summed E-state index contributed by atoms with van der Waals surface area (Å²) in [6.45, 7) is 4.99. The Kier molecular flexibility index (Phi) is 15.2. The third-order valence-electron chi connectivity index (χ3n) is 6.69. The van der Waals surface area contributed by atoms with E-state index in [1.807, 2.05) is 30.5 Å². The summed E-state index contributed by atoms with van der Waals surface area (Å²) in [6, 6.07) is 6.12. The third kappa shape index (κ3) is 11.7. The van der Waals surface area contributed by atoms with Crippen LogP contribution in [0.5, 0.6) is 0 Å². The predicted octanol–water partition coefficient (Wildman–Crippen LogP) is 5.33. The summed E-state index contributed by atoms with van der Waals surface area (Å²) < 4.78 is 10.8. The van der Waals surface area contributed by atoms with Crippen molar-refractivity contribution in [1.29, 1.82) is 0 Å². The molecular weight excluding hydrogens is 482 g/mol. The molecule has 212 valence electrons. The van der Waals surface area contributed by atoms with Crippen molar-refractivity contribution in [3.8, 4) is 0 Å². The number of nitrogens with one attached hydrogen (secondary N) is 2. The summed E-state index contributed by atoms with van der Waals surface area (Å²) in [5.41, 5.74) is 7.84. The van der Waals surface area contributed by atoms with Crippen molar-refractivity contribution < 1.29 is 23.9 Å². The second-order valence-corrected chi connectivity index (χ2v) is 9.99. The van der Waals surface area contributed by atoms with Crippen molar-refractivity contribution in [2.24, 2.45) is 5.73 Å². The summed E-state index contributed by atoms with van der Waals surface area (Å²) in [5, 5.41) is 3.81. The van der Waals surface area contributed by atoms with Gasteiger partial charge in [-0.15, -0.1) is 0 Å². The van der Waals surface area contributed by atoms with Crippen LogP contribution in [0.15, 0.2) is 30.5 Å². The number of benzene rings is 1. The Bertz CT molecular complexity index is 974. The summed E-state index contributed by atoms with van der Waals surface area (Å²) in [6.07, 6.45) is 12.9. The van der Waals surface area contributed by atoms with Gasteiger partial charge in [0.25, 0.3) is 0 Å². The second kappa shape index (κ2) is 18.4. The summed E-state index contributed by atoms with van der Waals surface area (Å²) in [4.78, 5) is 41.1. The maximum Gasteiger partial charge on any atom is 0.328 e. The van der Waals surface area contributed by atoms with Crippen molar-refractivity contribution in [2.45, 2.75) is 109 Å². The maximum absolute atomic E-state index is 12.9. The van der Waals surface area contributed by atoms with Gasteiger partial charge in [0.2, 0.25) is 5.91 Å². The van der Waals surface area contributed by atoms with Gasteiger partial charge in [0.05, 0.1) is 13.2 Å². The zero-order valence-corrected chi connectivity index (χ0v) is 23.3. The maximum atomic E-state index is 12.9. The number of carbonyl (C=O) groups is 3. The Labute approximate surface area is 227 Å². The van der Waals surface area contributed by atoms with E-state index in [4.69, 9.17) is 15.2 Å². The number of aromatic nitrogens is 1. The number of nitrogens with two attached hydrogens (primary N) is 1. The van der Waals surface area contributed by atoms with Gasteiger partial charge in [0, 0.05) is 29.9 Å². The fourth-order valence-corrected chi connectivity index (χ4v) is 4.35. The molecule has 0 saturated carbocycles. The molecule has 0 unspecified atom stereocenters. The summed E-state index contributed by atoms with van der Waals surface area (Å²) in [5.74, 6) is -1.30. The van der Waals surface area contributed by atoms with Crippen LogP contribution in [0.3, 0.4) is 0 Å². The van der Waals surface area contributed by atoms with Crippen LogP contribution in [0.4, 0.5) is 0 Å². The highest BCUT2D eigenvalue weighted by Crippen LogP contribution is 2.19. The number of amides is 1. The SMILES string of the molecule is CCCCCCCOC(=O)[C@H](Cc1c[nH]c2ccccc12)NC(=O)CC[C@H](N)C(=O)OCCCCCCC. The number of unbranched alkanes of at least 4 members (excludes halogenated alkanes) is 8. The molecule has 1 aromatic carbocycles. The fourth-order valence-electron chi connectivity index (χ4n) is 4.35. The van der Waals surface area contributed by atoms with Crippen molar-refractivity contribution >= 4 is 28.7 Å². The number of rotatable bonds is 20. The van der Waals surface area contributed by atoms with Crippen molar-refractivity contribution in [3.05, 3.63) is 36.0 Å². The lowest BCUT2D eigenvalue weighted by molar-refractivity contribution is -0.148. The Morgan fingerprint density at radius 1 is 0.868 bits per heavy atom. The zero-order valence-electron chi connectivity index (χ0n) is 23.3. The van der Waals surface area contributed by atoms with E-state index in [1.54, 1.807) is 0 Å². The molecule has 0 aliphatic rings.